The third-order valence-electron chi connectivity index (χ3n) is 4.68. The van der Waals surface area contributed by atoms with Gasteiger partial charge in [0.15, 0.2) is 0 Å². The molecule has 0 aromatic heterocycles. The van der Waals surface area contributed by atoms with Crippen molar-refractivity contribution in [2.75, 3.05) is 26.2 Å². The van der Waals surface area contributed by atoms with Crippen molar-refractivity contribution in [2.24, 2.45) is 5.92 Å². The maximum atomic E-state index is 12.2. The molecule has 1 unspecified atom stereocenters. The van der Waals surface area contributed by atoms with E-state index in [9.17, 15) is 9.59 Å². The summed E-state index contributed by atoms with van der Waals surface area (Å²) in [5.74, 6) is 0.798. The van der Waals surface area contributed by atoms with Crippen LogP contribution in [0.3, 0.4) is 0 Å². The van der Waals surface area contributed by atoms with Gasteiger partial charge in [0.1, 0.15) is 0 Å². The van der Waals surface area contributed by atoms with Gasteiger partial charge in [0.05, 0.1) is 0 Å². The van der Waals surface area contributed by atoms with Crippen molar-refractivity contribution in [1.29, 1.82) is 0 Å². The minimum atomic E-state index is 0. The first-order chi connectivity index (χ1) is 11.6. The SMILES string of the molecule is CCN(CC)C(=O)c1ccc(CNC(=O)CCC2CCNC2)cc1.Cl. The van der Waals surface area contributed by atoms with Gasteiger partial charge in [0.25, 0.3) is 5.91 Å². The fourth-order valence-electron chi connectivity index (χ4n) is 3.04. The number of hydrogen-bond acceptors (Lipinski definition) is 3. The Labute approximate surface area is 157 Å². The zero-order valence-electron chi connectivity index (χ0n) is 15.2. The minimum Gasteiger partial charge on any atom is -0.352 e. The summed E-state index contributed by atoms with van der Waals surface area (Å²) >= 11 is 0. The molecule has 1 aliphatic rings. The van der Waals surface area contributed by atoms with Crippen LogP contribution in [0.4, 0.5) is 0 Å². The van der Waals surface area contributed by atoms with Gasteiger partial charge in [-0.25, -0.2) is 0 Å². The summed E-state index contributed by atoms with van der Waals surface area (Å²) < 4.78 is 0. The van der Waals surface area contributed by atoms with Crippen LogP contribution in [0.2, 0.25) is 0 Å². The molecule has 140 valence electrons. The summed E-state index contributed by atoms with van der Waals surface area (Å²) in [6.07, 6.45) is 2.72. The molecule has 0 spiro atoms. The van der Waals surface area contributed by atoms with Gasteiger partial charge in [-0.3, -0.25) is 9.59 Å². The first kappa shape index (κ1) is 21.5. The fraction of sp³-hybridized carbons (Fsp3) is 0.579. The summed E-state index contributed by atoms with van der Waals surface area (Å²) in [4.78, 5) is 26.0. The van der Waals surface area contributed by atoms with Gasteiger partial charge in [-0.15, -0.1) is 12.4 Å². The number of halogens is 1. The zero-order chi connectivity index (χ0) is 17.4. The second-order valence-corrected chi connectivity index (χ2v) is 6.35. The average Bonchev–Trinajstić information content (AvgIpc) is 3.13. The van der Waals surface area contributed by atoms with Crippen molar-refractivity contribution in [2.45, 2.75) is 39.7 Å². The fourth-order valence-corrected chi connectivity index (χ4v) is 3.04. The molecule has 6 heteroatoms. The first-order valence-corrected chi connectivity index (χ1v) is 8.99. The maximum absolute atomic E-state index is 12.2. The summed E-state index contributed by atoms with van der Waals surface area (Å²) in [5, 5.41) is 6.28. The number of amides is 2. The molecule has 2 rings (SSSR count). The Morgan fingerprint density at radius 3 is 2.44 bits per heavy atom. The Morgan fingerprint density at radius 2 is 1.88 bits per heavy atom. The summed E-state index contributed by atoms with van der Waals surface area (Å²) in [6.45, 7) is 8.01. The smallest absolute Gasteiger partial charge is 0.253 e. The molecule has 0 radical (unpaired) electrons. The van der Waals surface area contributed by atoms with Gasteiger partial charge in [0.2, 0.25) is 5.91 Å². The Kier molecular flexibility index (Phi) is 9.53. The summed E-state index contributed by atoms with van der Waals surface area (Å²) in [7, 11) is 0. The zero-order valence-corrected chi connectivity index (χ0v) is 16.0. The Hall–Kier alpha value is -1.59. The summed E-state index contributed by atoms with van der Waals surface area (Å²) in [6, 6.07) is 7.51. The highest BCUT2D eigenvalue weighted by Crippen LogP contribution is 2.14. The minimum absolute atomic E-state index is 0. The number of nitrogens with zero attached hydrogens (tertiary/aromatic N) is 1. The normalized spacial score (nSPS) is 16.2. The van der Waals surface area contributed by atoms with Gasteiger partial charge < -0.3 is 15.5 Å². The Bertz CT molecular complexity index is 538. The molecular weight excluding hydrogens is 338 g/mol. The first-order valence-electron chi connectivity index (χ1n) is 8.99. The molecule has 0 saturated carbocycles. The van der Waals surface area contributed by atoms with Crippen molar-refractivity contribution in [1.82, 2.24) is 15.5 Å². The van der Waals surface area contributed by atoms with E-state index in [1.54, 1.807) is 4.90 Å². The molecule has 25 heavy (non-hydrogen) atoms. The molecule has 1 aliphatic heterocycles. The molecule has 2 N–H and O–H groups in total. The van der Waals surface area contributed by atoms with Crippen molar-refractivity contribution < 1.29 is 9.59 Å². The Balaban J connectivity index is 0.00000312. The van der Waals surface area contributed by atoms with Crippen LogP contribution in [-0.2, 0) is 11.3 Å². The third kappa shape index (κ3) is 6.67. The van der Waals surface area contributed by atoms with Crippen molar-refractivity contribution >= 4 is 24.2 Å². The number of hydrogen-bond donors (Lipinski definition) is 2. The predicted molar refractivity (Wildman–Crippen MR) is 103 cm³/mol. The predicted octanol–water partition coefficient (Wildman–Crippen LogP) is 2.60. The molecule has 1 aromatic rings. The van der Waals surface area contributed by atoms with E-state index in [0.717, 1.165) is 25.1 Å². The van der Waals surface area contributed by atoms with E-state index < -0.39 is 0 Å². The third-order valence-corrected chi connectivity index (χ3v) is 4.68. The van der Waals surface area contributed by atoms with Crippen LogP contribution in [0, 0.1) is 5.92 Å². The van der Waals surface area contributed by atoms with E-state index in [1.165, 1.54) is 6.42 Å². The molecular formula is C19H30ClN3O2. The number of nitrogens with one attached hydrogen (secondary N) is 2. The number of carbonyl (C=O) groups is 2. The van der Waals surface area contributed by atoms with Crippen LogP contribution in [0.25, 0.3) is 0 Å². The lowest BCUT2D eigenvalue weighted by molar-refractivity contribution is -0.121. The van der Waals surface area contributed by atoms with E-state index >= 15 is 0 Å². The van der Waals surface area contributed by atoms with E-state index in [4.69, 9.17) is 0 Å². The van der Waals surface area contributed by atoms with Crippen LogP contribution >= 0.6 is 12.4 Å². The molecule has 0 bridgehead atoms. The Morgan fingerprint density at radius 1 is 1.20 bits per heavy atom. The molecule has 2 amide bonds. The molecule has 0 aliphatic carbocycles. The van der Waals surface area contributed by atoms with Crippen LogP contribution in [0.5, 0.6) is 0 Å². The largest absolute Gasteiger partial charge is 0.352 e. The van der Waals surface area contributed by atoms with Crippen LogP contribution < -0.4 is 10.6 Å². The van der Waals surface area contributed by atoms with E-state index in [-0.39, 0.29) is 24.2 Å². The van der Waals surface area contributed by atoms with Gasteiger partial charge in [0, 0.05) is 31.6 Å². The van der Waals surface area contributed by atoms with Crippen molar-refractivity contribution in [3.63, 3.8) is 0 Å². The van der Waals surface area contributed by atoms with Gasteiger partial charge in [-0.1, -0.05) is 12.1 Å². The van der Waals surface area contributed by atoms with E-state index in [2.05, 4.69) is 10.6 Å². The highest BCUT2D eigenvalue weighted by Gasteiger charge is 2.15. The molecule has 1 atom stereocenters. The number of carbonyl (C=O) groups excluding carboxylic acids is 2. The van der Waals surface area contributed by atoms with E-state index in [1.807, 2.05) is 38.1 Å². The standard InChI is InChI=1S/C19H29N3O2.ClH/c1-3-22(4-2)19(24)17-8-5-15(6-9-17)14-21-18(23)10-7-16-11-12-20-13-16;/h5-6,8-9,16,20H,3-4,7,10-14H2,1-2H3,(H,21,23);1H. The highest BCUT2D eigenvalue weighted by molar-refractivity contribution is 5.94. The second kappa shape index (κ2) is 11.1. The number of benzene rings is 1. The molecule has 1 heterocycles. The van der Waals surface area contributed by atoms with Gasteiger partial charge >= 0.3 is 0 Å². The van der Waals surface area contributed by atoms with Crippen LogP contribution in [0.1, 0.15) is 49.0 Å². The van der Waals surface area contributed by atoms with Crippen LogP contribution in [-0.4, -0.2) is 42.9 Å². The molecule has 1 saturated heterocycles. The molecule has 1 aromatic carbocycles. The maximum Gasteiger partial charge on any atom is 0.253 e. The highest BCUT2D eigenvalue weighted by atomic mass is 35.5. The lowest BCUT2D eigenvalue weighted by Crippen LogP contribution is -2.30. The quantitative estimate of drug-likeness (QED) is 0.742. The average molecular weight is 368 g/mol. The summed E-state index contributed by atoms with van der Waals surface area (Å²) in [5.41, 5.74) is 1.71. The van der Waals surface area contributed by atoms with Gasteiger partial charge in [-0.2, -0.15) is 0 Å². The van der Waals surface area contributed by atoms with Crippen molar-refractivity contribution in [3.05, 3.63) is 35.4 Å². The molecule has 1 fully saturated rings. The van der Waals surface area contributed by atoms with Gasteiger partial charge in [-0.05, 0) is 63.4 Å². The van der Waals surface area contributed by atoms with Crippen molar-refractivity contribution in [3.8, 4) is 0 Å². The number of rotatable bonds is 8. The second-order valence-electron chi connectivity index (χ2n) is 6.35. The lowest BCUT2D eigenvalue weighted by atomic mass is 10.0. The monoisotopic (exact) mass is 367 g/mol. The lowest BCUT2D eigenvalue weighted by Gasteiger charge is -2.18. The topological polar surface area (TPSA) is 61.4 Å². The van der Waals surface area contributed by atoms with Crippen LogP contribution in [0.15, 0.2) is 24.3 Å². The molecule has 5 nitrogen and oxygen atoms in total. The van der Waals surface area contributed by atoms with E-state index in [0.29, 0.717) is 37.5 Å².